The normalized spacial score (nSPS) is 10.9. The van der Waals surface area contributed by atoms with Gasteiger partial charge in [-0.1, -0.05) is 20.8 Å². The molecule has 0 saturated heterocycles. The first kappa shape index (κ1) is 35.3. The molecule has 0 fully saturated rings. The molecule has 0 spiro atoms. The van der Waals surface area contributed by atoms with Gasteiger partial charge in [-0.3, -0.25) is 14.4 Å². The summed E-state index contributed by atoms with van der Waals surface area (Å²) in [4.78, 5) is 50.1. The number of rotatable bonds is 12. The molecule has 48 heavy (non-hydrogen) atoms. The Bertz CT molecular complexity index is 1650. The quantitative estimate of drug-likeness (QED) is 0.105. The second kappa shape index (κ2) is 15.4. The van der Waals surface area contributed by atoms with Crippen LogP contribution in [0.4, 0.5) is 0 Å². The molecule has 0 atom stereocenters. The van der Waals surface area contributed by atoms with E-state index < -0.39 is 17.9 Å². The number of hydrogen-bond donors (Lipinski definition) is 3. The predicted octanol–water partition coefficient (Wildman–Crippen LogP) is 7.03. The summed E-state index contributed by atoms with van der Waals surface area (Å²) in [6.07, 6.45) is 2.42. The van der Waals surface area contributed by atoms with Crippen LogP contribution in [-0.4, -0.2) is 48.2 Å². The number of phenolic OH excluding ortho intramolecular Hbond substituents is 3. The maximum atomic E-state index is 12.1. The van der Waals surface area contributed by atoms with E-state index in [1.165, 1.54) is 36.4 Å². The number of carbonyl (C=O) groups is 3. The van der Waals surface area contributed by atoms with Gasteiger partial charge in [0.05, 0.1) is 16.7 Å². The first-order valence-electron chi connectivity index (χ1n) is 15.8. The number of carbonyl (C=O) groups excluding carboxylic acids is 3. The smallest absolute Gasteiger partial charge is 0.311 e. The number of nitrogens with zero attached hydrogens (tertiary/aromatic N) is 3. The van der Waals surface area contributed by atoms with Gasteiger partial charge in [0.15, 0.2) is 17.5 Å². The van der Waals surface area contributed by atoms with Crippen LogP contribution in [0.5, 0.6) is 34.5 Å². The minimum Gasteiger partial charge on any atom is -0.507 e. The van der Waals surface area contributed by atoms with Gasteiger partial charge in [-0.25, -0.2) is 15.0 Å². The Morgan fingerprint density at radius 3 is 0.979 bits per heavy atom. The second-order valence-electron chi connectivity index (χ2n) is 11.2. The molecule has 0 saturated carbocycles. The van der Waals surface area contributed by atoms with E-state index in [2.05, 4.69) is 15.0 Å². The summed E-state index contributed by atoms with van der Waals surface area (Å²) in [5, 5.41) is 33.7. The Kier molecular flexibility index (Phi) is 11.3. The van der Waals surface area contributed by atoms with Crippen LogP contribution in [-0.2, 0) is 14.4 Å². The summed E-state index contributed by atoms with van der Waals surface area (Å²) in [6, 6.07) is 9.02. The highest BCUT2D eigenvalue weighted by atomic mass is 16.5. The molecule has 12 nitrogen and oxygen atoms in total. The van der Waals surface area contributed by atoms with Crippen molar-refractivity contribution in [3.63, 3.8) is 0 Å². The first-order valence-corrected chi connectivity index (χ1v) is 15.8. The van der Waals surface area contributed by atoms with Crippen LogP contribution in [0.3, 0.4) is 0 Å². The Balaban J connectivity index is 1.89. The standard InChI is InChI=1S/C36H39N3O9/c1-7-10-28(40)46-25-16-13-22(31(43)19(25)4)34-37-35(23-14-17-26(20(5)32(23)44)47-29(41)11-8-2)39-36(38-34)24-15-18-27(21(6)33(24)45)48-30(42)12-9-3/h13-18,43-45H,7-12H2,1-6H3. The Morgan fingerprint density at radius 2 is 0.750 bits per heavy atom. The molecular weight excluding hydrogens is 618 g/mol. The average molecular weight is 658 g/mol. The van der Waals surface area contributed by atoms with Crippen LogP contribution in [0, 0.1) is 20.8 Å². The summed E-state index contributed by atoms with van der Waals surface area (Å²) in [5.41, 5.74) is 1.30. The zero-order valence-electron chi connectivity index (χ0n) is 27.8. The Morgan fingerprint density at radius 1 is 0.500 bits per heavy atom. The van der Waals surface area contributed by atoms with Gasteiger partial charge in [-0.15, -0.1) is 0 Å². The van der Waals surface area contributed by atoms with E-state index in [4.69, 9.17) is 14.2 Å². The van der Waals surface area contributed by atoms with Crippen molar-refractivity contribution in [1.82, 2.24) is 15.0 Å². The summed E-state index contributed by atoms with van der Waals surface area (Å²) in [5.74, 6) is -1.63. The monoisotopic (exact) mass is 657 g/mol. The molecule has 12 heteroatoms. The maximum absolute atomic E-state index is 12.1. The van der Waals surface area contributed by atoms with Crippen LogP contribution in [0.1, 0.15) is 76.0 Å². The van der Waals surface area contributed by atoms with Gasteiger partial charge < -0.3 is 29.5 Å². The van der Waals surface area contributed by atoms with Crippen molar-refractivity contribution in [2.75, 3.05) is 0 Å². The largest absolute Gasteiger partial charge is 0.507 e. The van der Waals surface area contributed by atoms with Gasteiger partial charge in [-0.05, 0) is 76.4 Å². The van der Waals surface area contributed by atoms with E-state index in [0.717, 1.165) is 0 Å². The second-order valence-corrected chi connectivity index (χ2v) is 11.2. The Hall–Kier alpha value is -5.52. The topological polar surface area (TPSA) is 178 Å². The number of ether oxygens (including phenoxy) is 3. The first-order chi connectivity index (χ1) is 22.9. The third-order valence-electron chi connectivity index (χ3n) is 7.54. The summed E-state index contributed by atoms with van der Waals surface area (Å²) < 4.78 is 16.3. The van der Waals surface area contributed by atoms with Gasteiger partial charge in [0.25, 0.3) is 0 Å². The molecule has 252 valence electrons. The molecular formula is C36H39N3O9. The molecule has 0 aliphatic carbocycles. The summed E-state index contributed by atoms with van der Waals surface area (Å²) >= 11 is 0. The summed E-state index contributed by atoms with van der Waals surface area (Å²) in [7, 11) is 0. The molecule has 1 aromatic heterocycles. The third kappa shape index (κ3) is 7.71. The van der Waals surface area contributed by atoms with E-state index in [1.807, 2.05) is 20.8 Å². The number of benzene rings is 3. The fourth-order valence-electron chi connectivity index (χ4n) is 4.79. The van der Waals surface area contributed by atoms with Crippen molar-refractivity contribution < 1.29 is 43.9 Å². The van der Waals surface area contributed by atoms with E-state index in [-0.39, 0.29) is 105 Å². The average Bonchev–Trinajstić information content (AvgIpc) is 3.04. The molecule has 0 unspecified atom stereocenters. The molecule has 3 N–H and O–H groups in total. The van der Waals surface area contributed by atoms with Crippen LogP contribution in [0.15, 0.2) is 36.4 Å². The molecule has 4 aromatic rings. The van der Waals surface area contributed by atoms with Crippen LogP contribution in [0.25, 0.3) is 34.2 Å². The van der Waals surface area contributed by atoms with Crippen LogP contribution in [0.2, 0.25) is 0 Å². The highest BCUT2D eigenvalue weighted by molar-refractivity contribution is 5.80. The van der Waals surface area contributed by atoms with E-state index >= 15 is 0 Å². The SMILES string of the molecule is CCCC(=O)Oc1ccc(-c2nc(-c3ccc(OC(=O)CCC)c(C)c3O)nc(-c3ccc(OC(=O)CCC)c(C)c3O)n2)c(O)c1C. The molecule has 1 heterocycles. The summed E-state index contributed by atoms with van der Waals surface area (Å²) in [6.45, 7) is 10.3. The highest BCUT2D eigenvalue weighted by Crippen LogP contribution is 2.42. The van der Waals surface area contributed by atoms with Gasteiger partial charge in [0.2, 0.25) is 0 Å². The number of hydrogen-bond acceptors (Lipinski definition) is 12. The van der Waals surface area contributed by atoms with Gasteiger partial charge >= 0.3 is 17.9 Å². The Labute approximate surface area is 278 Å². The number of aromatic hydroxyl groups is 3. The van der Waals surface area contributed by atoms with E-state index in [9.17, 15) is 29.7 Å². The van der Waals surface area contributed by atoms with Crippen molar-refractivity contribution in [1.29, 1.82) is 0 Å². The van der Waals surface area contributed by atoms with Crippen molar-refractivity contribution >= 4 is 17.9 Å². The fourth-order valence-corrected chi connectivity index (χ4v) is 4.79. The van der Waals surface area contributed by atoms with Gasteiger partial charge in [-0.2, -0.15) is 0 Å². The lowest BCUT2D eigenvalue weighted by Gasteiger charge is -2.16. The maximum Gasteiger partial charge on any atom is 0.311 e. The van der Waals surface area contributed by atoms with Crippen molar-refractivity contribution in [3.8, 4) is 68.7 Å². The lowest BCUT2D eigenvalue weighted by molar-refractivity contribution is -0.135. The van der Waals surface area contributed by atoms with E-state index in [0.29, 0.717) is 19.3 Å². The van der Waals surface area contributed by atoms with Gasteiger partial charge in [0, 0.05) is 36.0 Å². The molecule has 0 aliphatic rings. The van der Waals surface area contributed by atoms with Crippen molar-refractivity contribution in [2.45, 2.75) is 80.1 Å². The van der Waals surface area contributed by atoms with E-state index in [1.54, 1.807) is 20.8 Å². The predicted molar refractivity (Wildman–Crippen MR) is 177 cm³/mol. The zero-order valence-corrected chi connectivity index (χ0v) is 27.8. The highest BCUT2D eigenvalue weighted by Gasteiger charge is 2.23. The minimum absolute atomic E-state index is 0.0203. The van der Waals surface area contributed by atoms with Crippen molar-refractivity contribution in [3.05, 3.63) is 53.1 Å². The lowest BCUT2D eigenvalue weighted by atomic mass is 10.0. The fraction of sp³-hybridized carbons (Fsp3) is 0.333. The van der Waals surface area contributed by atoms with Crippen molar-refractivity contribution in [2.24, 2.45) is 0 Å². The number of aromatic nitrogens is 3. The molecule has 0 amide bonds. The zero-order chi connectivity index (χ0) is 35.1. The molecule has 4 rings (SSSR count). The number of phenols is 3. The molecule has 0 aliphatic heterocycles. The lowest BCUT2D eigenvalue weighted by Crippen LogP contribution is -2.09. The van der Waals surface area contributed by atoms with Gasteiger partial charge in [0.1, 0.15) is 34.5 Å². The number of esters is 3. The molecule has 3 aromatic carbocycles. The van der Waals surface area contributed by atoms with Crippen LogP contribution >= 0.6 is 0 Å². The van der Waals surface area contributed by atoms with Crippen LogP contribution < -0.4 is 14.2 Å². The minimum atomic E-state index is -0.443. The third-order valence-corrected chi connectivity index (χ3v) is 7.54. The molecule has 0 radical (unpaired) electrons. The molecule has 0 bridgehead atoms.